The van der Waals surface area contributed by atoms with E-state index in [1.165, 1.54) is 0 Å². The Hall–Kier alpha value is -4.00. The van der Waals surface area contributed by atoms with Gasteiger partial charge in [0.25, 0.3) is 0 Å². The second kappa shape index (κ2) is 6.75. The Kier molecular flexibility index (Phi) is 3.95. The van der Waals surface area contributed by atoms with Crippen molar-refractivity contribution in [1.29, 1.82) is 15.8 Å². The fraction of sp³-hybridized carbons (Fsp3) is 0. The number of benzene rings is 4. The van der Waals surface area contributed by atoms with Gasteiger partial charge in [-0.05, 0) is 0 Å². The molecule has 0 aliphatic heterocycles. The zero-order chi connectivity index (χ0) is 22.0. The van der Waals surface area contributed by atoms with Crippen molar-refractivity contribution in [3.05, 3.63) is 56.3 Å². The number of fused-ring (bicyclic) bond motifs is 4. The predicted octanol–water partition coefficient (Wildman–Crippen LogP) is 2.54. The Morgan fingerprint density at radius 3 is 1.81 bits per heavy atom. The molecule has 6 aromatic rings. The van der Waals surface area contributed by atoms with E-state index < -0.39 is 0 Å². The molecule has 144 valence electrons. The number of rotatable bonds is 0. The van der Waals surface area contributed by atoms with Crippen molar-refractivity contribution in [3.63, 3.8) is 0 Å². The van der Waals surface area contributed by atoms with Crippen LogP contribution in [0.15, 0.2) is 36.4 Å². The zero-order valence-electron chi connectivity index (χ0n) is 16.0. The van der Waals surface area contributed by atoms with E-state index in [-0.39, 0.29) is 40.3 Å². The van der Waals surface area contributed by atoms with E-state index in [9.17, 15) is 15.8 Å². The van der Waals surface area contributed by atoms with Crippen molar-refractivity contribution in [2.24, 2.45) is 0 Å². The van der Waals surface area contributed by atoms with Gasteiger partial charge in [-0.15, -0.1) is 0 Å². The molecular weight excluding hydrogens is 530 g/mol. The van der Waals surface area contributed by atoms with Gasteiger partial charge in [-0.2, -0.15) is 0 Å². The Morgan fingerprint density at radius 2 is 1.31 bits per heavy atom. The van der Waals surface area contributed by atoms with Crippen molar-refractivity contribution in [2.45, 2.75) is 0 Å². The van der Waals surface area contributed by atoms with E-state index in [0.29, 0.717) is 8.45 Å². The van der Waals surface area contributed by atoms with Crippen molar-refractivity contribution in [3.8, 4) is 18.2 Å². The van der Waals surface area contributed by atoms with Crippen LogP contribution in [0.5, 0.6) is 0 Å². The van der Waals surface area contributed by atoms with Crippen LogP contribution in [0.1, 0.15) is 0 Å². The molecule has 0 radical (unpaired) electrons. The minimum absolute atomic E-state index is 0.0648. The first kappa shape index (κ1) is 18.7. The molecule has 0 aliphatic carbocycles. The number of hydrogen-bond donors (Lipinski definition) is 0. The molecule has 0 unspecified atom stereocenters. The van der Waals surface area contributed by atoms with Gasteiger partial charge in [0.1, 0.15) is 0 Å². The van der Waals surface area contributed by atoms with Crippen LogP contribution in [0.3, 0.4) is 0 Å². The maximum absolute atomic E-state index is 9.28. The van der Waals surface area contributed by atoms with E-state index in [1.807, 2.05) is 30.3 Å². The summed E-state index contributed by atoms with van der Waals surface area (Å²) in [5, 5.41) is 34.4. The van der Waals surface area contributed by atoms with Gasteiger partial charge in [-0.25, -0.2) is 0 Å². The van der Waals surface area contributed by atoms with Crippen LogP contribution in [0.4, 0.5) is 0 Å². The molecule has 8 heteroatoms. The Morgan fingerprint density at radius 1 is 0.781 bits per heavy atom. The molecule has 0 saturated heterocycles. The maximum atomic E-state index is 9.28. The first-order chi connectivity index (χ1) is 15.7. The van der Waals surface area contributed by atoms with E-state index >= 15 is 0 Å². The molecule has 4 aromatic carbocycles. The van der Waals surface area contributed by atoms with Crippen LogP contribution < -0.4 is 8.45 Å². The second-order valence-electron chi connectivity index (χ2n) is 7.08. The van der Waals surface area contributed by atoms with Gasteiger partial charge in [-0.1, -0.05) is 0 Å². The number of nitriles is 3. The van der Waals surface area contributed by atoms with E-state index in [0.717, 1.165) is 51.9 Å². The molecule has 2 heterocycles. The Bertz CT molecular complexity index is 1900. The quantitative estimate of drug-likeness (QED) is 0.169. The predicted molar refractivity (Wildman–Crippen MR) is 124 cm³/mol. The molecule has 0 N–H and O–H groups in total. The van der Waals surface area contributed by atoms with Gasteiger partial charge in [0.2, 0.25) is 0 Å². The molecule has 32 heavy (non-hydrogen) atoms. The molecular formula is C24H6N6Se2. The average molecular weight is 536 g/mol. The summed E-state index contributed by atoms with van der Waals surface area (Å²) in [4.78, 5) is 12.6. The van der Waals surface area contributed by atoms with Crippen LogP contribution in [-0.4, -0.2) is 39.0 Å². The van der Waals surface area contributed by atoms with Gasteiger partial charge in [0, 0.05) is 0 Å². The van der Waals surface area contributed by atoms with Gasteiger partial charge in [0.15, 0.2) is 0 Å². The average Bonchev–Trinajstić information content (AvgIpc) is 3.42. The topological polar surface area (TPSA) is 102 Å². The second-order valence-corrected chi connectivity index (χ2v) is 11.3. The van der Waals surface area contributed by atoms with Crippen LogP contribution >= 0.6 is 0 Å². The van der Waals surface area contributed by atoms with E-state index in [2.05, 4.69) is 39.1 Å². The molecule has 0 atom stereocenters. The summed E-state index contributed by atoms with van der Waals surface area (Å²) >= 11 is -0.425. The molecule has 0 fully saturated rings. The molecule has 6 rings (SSSR count). The Balaban J connectivity index is 1.84. The Labute approximate surface area is 191 Å². The molecule has 0 bridgehead atoms. The summed E-state index contributed by atoms with van der Waals surface area (Å²) in [6.07, 6.45) is 0. The summed E-state index contributed by atoms with van der Waals surface area (Å²) in [5.74, 6) is 0. The summed E-state index contributed by atoms with van der Waals surface area (Å²) in [7, 11) is 0. The van der Waals surface area contributed by atoms with E-state index in [4.69, 9.17) is 6.57 Å². The number of nitrogens with zero attached hydrogens (tertiary/aromatic N) is 6. The third-order valence-electron chi connectivity index (χ3n) is 5.46. The molecule has 0 aliphatic rings. The summed E-state index contributed by atoms with van der Waals surface area (Å²) in [6.45, 7) is 7.27. The third-order valence-corrected chi connectivity index (χ3v) is 10.1. The summed E-state index contributed by atoms with van der Waals surface area (Å²) in [6, 6.07) is 18.3. The first-order valence-electron chi connectivity index (χ1n) is 9.31. The van der Waals surface area contributed by atoms with Crippen LogP contribution in [0, 0.1) is 40.6 Å². The van der Waals surface area contributed by atoms with Gasteiger partial charge in [-0.3, -0.25) is 0 Å². The zero-order valence-corrected chi connectivity index (χ0v) is 19.4. The fourth-order valence-electron chi connectivity index (χ4n) is 4.16. The molecule has 6 nitrogen and oxygen atoms in total. The van der Waals surface area contributed by atoms with Gasteiger partial charge >= 0.3 is 192 Å². The molecule has 2 aromatic heterocycles. The van der Waals surface area contributed by atoms with Crippen LogP contribution in [0.25, 0.3) is 68.0 Å². The van der Waals surface area contributed by atoms with Crippen LogP contribution in [-0.2, 0) is 0 Å². The number of aromatic nitrogens is 2. The normalized spacial score (nSPS) is 12.1. The van der Waals surface area contributed by atoms with Gasteiger partial charge < -0.3 is 0 Å². The monoisotopic (exact) mass is 538 g/mol. The SMILES string of the molecule is [C-]#[N+]/C(C#N)=c1\nc2cc3ccc4cc5nc(=C(C#N)C#N)[se]c5c5ccc(c2[se]1)c3c45. The van der Waals surface area contributed by atoms with Crippen molar-refractivity contribution in [1.82, 2.24) is 9.97 Å². The fourth-order valence-corrected chi connectivity index (χ4v) is 8.43. The minimum atomic E-state index is -0.215. The van der Waals surface area contributed by atoms with Crippen LogP contribution in [0.2, 0.25) is 0 Å². The molecule has 0 saturated carbocycles. The van der Waals surface area contributed by atoms with Gasteiger partial charge in [0.05, 0.1) is 0 Å². The summed E-state index contributed by atoms with van der Waals surface area (Å²) < 4.78 is 3.35. The van der Waals surface area contributed by atoms with Crippen molar-refractivity contribution < 1.29 is 0 Å². The van der Waals surface area contributed by atoms with E-state index in [1.54, 1.807) is 0 Å². The number of hydrogen-bond acceptors (Lipinski definition) is 5. The third kappa shape index (κ3) is 2.42. The molecule has 0 amide bonds. The summed E-state index contributed by atoms with van der Waals surface area (Å²) in [5.41, 5.74) is 1.82. The van der Waals surface area contributed by atoms with Crippen molar-refractivity contribution in [2.75, 3.05) is 0 Å². The standard InChI is InChI=1S/C24H6N6Se2/c1-28-18(10-27)24-30-17-7-12-3-2-11-6-16-21(31-23(29-16)13(8-25)9-26)14-4-5-15(22(17)32-24)20(12)19(11)14/h2-7H/b24-18+. The molecule has 0 spiro atoms. The van der Waals surface area contributed by atoms with Crippen molar-refractivity contribution >= 4 is 92.1 Å². The first-order valence-corrected chi connectivity index (χ1v) is 12.7.